The molecular formula is C16H31F3N2. The highest BCUT2D eigenvalue weighted by Gasteiger charge is 2.49. The van der Waals surface area contributed by atoms with Crippen molar-refractivity contribution in [3.63, 3.8) is 0 Å². The molecule has 0 aromatic heterocycles. The average Bonchev–Trinajstić information content (AvgIpc) is 2.42. The zero-order valence-corrected chi connectivity index (χ0v) is 13.7. The van der Waals surface area contributed by atoms with Crippen molar-refractivity contribution in [3.8, 4) is 0 Å². The summed E-state index contributed by atoms with van der Waals surface area (Å²) in [6.07, 6.45) is 1.02. The van der Waals surface area contributed by atoms with Gasteiger partial charge in [0.15, 0.2) is 0 Å². The van der Waals surface area contributed by atoms with E-state index in [2.05, 4.69) is 25.7 Å². The van der Waals surface area contributed by atoms with Gasteiger partial charge in [0.2, 0.25) is 0 Å². The van der Waals surface area contributed by atoms with Crippen LogP contribution in [0.5, 0.6) is 0 Å². The molecular weight excluding hydrogens is 277 g/mol. The van der Waals surface area contributed by atoms with Crippen LogP contribution in [0.1, 0.15) is 65.7 Å². The highest BCUT2D eigenvalue weighted by atomic mass is 19.4. The number of nitrogens with two attached hydrogens (primary N) is 1. The van der Waals surface area contributed by atoms with E-state index in [4.69, 9.17) is 5.73 Å². The molecule has 2 atom stereocenters. The predicted molar refractivity (Wildman–Crippen MR) is 81.2 cm³/mol. The maximum atomic E-state index is 13.1. The van der Waals surface area contributed by atoms with E-state index >= 15 is 0 Å². The Morgan fingerprint density at radius 1 is 1.29 bits per heavy atom. The molecule has 0 bridgehead atoms. The lowest BCUT2D eigenvalue weighted by atomic mass is 9.73. The van der Waals surface area contributed by atoms with Crippen molar-refractivity contribution in [2.45, 2.75) is 83.5 Å². The van der Waals surface area contributed by atoms with Crippen molar-refractivity contribution in [1.82, 2.24) is 4.90 Å². The second kappa shape index (κ2) is 7.82. The lowest BCUT2D eigenvalue weighted by Crippen LogP contribution is -2.60. The summed E-state index contributed by atoms with van der Waals surface area (Å²) in [6, 6.07) is 0.234. The highest BCUT2D eigenvalue weighted by molar-refractivity contribution is 4.99. The number of hydrogen-bond donors (Lipinski definition) is 1. The molecule has 0 amide bonds. The van der Waals surface area contributed by atoms with Crippen LogP contribution in [0.3, 0.4) is 0 Å². The predicted octanol–water partition coefficient (Wildman–Crippen LogP) is 4.34. The topological polar surface area (TPSA) is 29.3 Å². The number of alkyl halides is 3. The van der Waals surface area contributed by atoms with Gasteiger partial charge >= 0.3 is 6.18 Å². The molecule has 2 unspecified atom stereocenters. The Kier molecular flexibility index (Phi) is 6.98. The van der Waals surface area contributed by atoms with E-state index in [0.717, 1.165) is 32.2 Å². The van der Waals surface area contributed by atoms with Crippen molar-refractivity contribution in [2.75, 3.05) is 13.1 Å². The highest BCUT2D eigenvalue weighted by Crippen LogP contribution is 2.44. The lowest BCUT2D eigenvalue weighted by Gasteiger charge is -2.50. The molecule has 5 heteroatoms. The molecule has 0 aliphatic heterocycles. The third-order valence-electron chi connectivity index (χ3n) is 4.90. The van der Waals surface area contributed by atoms with Gasteiger partial charge in [-0.2, -0.15) is 13.2 Å². The first-order valence-electron chi connectivity index (χ1n) is 8.30. The minimum Gasteiger partial charge on any atom is -0.329 e. The van der Waals surface area contributed by atoms with E-state index in [1.165, 1.54) is 0 Å². The van der Waals surface area contributed by atoms with Crippen LogP contribution in [-0.2, 0) is 0 Å². The molecule has 0 aromatic rings. The van der Waals surface area contributed by atoms with Gasteiger partial charge in [-0.05, 0) is 46.1 Å². The van der Waals surface area contributed by atoms with E-state index in [1.54, 1.807) is 0 Å². The molecule has 2 N–H and O–H groups in total. The van der Waals surface area contributed by atoms with Gasteiger partial charge in [-0.1, -0.05) is 26.2 Å². The second-order valence-corrected chi connectivity index (χ2v) is 6.76. The monoisotopic (exact) mass is 308 g/mol. The maximum absolute atomic E-state index is 13.1. The fourth-order valence-electron chi connectivity index (χ4n) is 3.76. The average molecular weight is 308 g/mol. The molecule has 0 aromatic carbocycles. The zero-order valence-electron chi connectivity index (χ0n) is 13.7. The minimum atomic E-state index is -4.09. The Balaban J connectivity index is 2.88. The molecule has 1 saturated carbocycles. The fourth-order valence-corrected chi connectivity index (χ4v) is 3.76. The smallest absolute Gasteiger partial charge is 0.329 e. The number of halogens is 3. The van der Waals surface area contributed by atoms with Crippen LogP contribution < -0.4 is 5.73 Å². The summed E-state index contributed by atoms with van der Waals surface area (Å²) in [5.74, 6) is -1.19. The molecule has 1 aliphatic rings. The second-order valence-electron chi connectivity index (χ2n) is 6.76. The number of rotatable bonds is 7. The summed E-state index contributed by atoms with van der Waals surface area (Å²) >= 11 is 0. The van der Waals surface area contributed by atoms with Gasteiger partial charge in [0.1, 0.15) is 0 Å². The first-order valence-corrected chi connectivity index (χ1v) is 8.30. The SMILES string of the molecule is CCCCCN(C(C)C)C1(CN)CCCC(C(F)(F)F)C1. The van der Waals surface area contributed by atoms with Gasteiger partial charge < -0.3 is 5.73 Å². The van der Waals surface area contributed by atoms with Crippen LogP contribution >= 0.6 is 0 Å². The van der Waals surface area contributed by atoms with Crippen LogP contribution in [0.15, 0.2) is 0 Å². The Bertz CT molecular complexity index is 304. The number of unbranched alkanes of at least 4 members (excludes halogenated alkanes) is 2. The van der Waals surface area contributed by atoms with E-state index in [9.17, 15) is 13.2 Å². The molecule has 21 heavy (non-hydrogen) atoms. The fraction of sp³-hybridized carbons (Fsp3) is 1.00. The first kappa shape index (κ1) is 18.8. The summed E-state index contributed by atoms with van der Waals surface area (Å²) in [5.41, 5.74) is 5.51. The van der Waals surface area contributed by atoms with Crippen molar-refractivity contribution in [1.29, 1.82) is 0 Å². The van der Waals surface area contributed by atoms with Gasteiger partial charge in [-0.25, -0.2) is 0 Å². The third-order valence-corrected chi connectivity index (χ3v) is 4.90. The molecule has 2 nitrogen and oxygen atoms in total. The van der Waals surface area contributed by atoms with E-state index in [0.29, 0.717) is 13.0 Å². The maximum Gasteiger partial charge on any atom is 0.391 e. The zero-order chi connectivity index (χ0) is 16.1. The quantitative estimate of drug-likeness (QED) is 0.709. The summed E-state index contributed by atoms with van der Waals surface area (Å²) in [7, 11) is 0. The standard InChI is InChI=1S/C16H31F3N2/c1-4-5-6-10-21(13(2)3)15(12-20)9-7-8-14(11-15)16(17,18)19/h13-14H,4-12,20H2,1-3H3. The van der Waals surface area contributed by atoms with E-state index in [1.807, 2.05) is 0 Å². The third kappa shape index (κ3) is 4.85. The molecule has 1 fully saturated rings. The molecule has 0 heterocycles. The van der Waals surface area contributed by atoms with Crippen molar-refractivity contribution < 1.29 is 13.2 Å². The minimum absolute atomic E-state index is 0.164. The van der Waals surface area contributed by atoms with Crippen LogP contribution in [0, 0.1) is 5.92 Å². The van der Waals surface area contributed by atoms with Gasteiger partial charge in [0.05, 0.1) is 5.92 Å². The van der Waals surface area contributed by atoms with Crippen molar-refractivity contribution >= 4 is 0 Å². The molecule has 1 aliphatic carbocycles. The van der Waals surface area contributed by atoms with E-state index in [-0.39, 0.29) is 18.9 Å². The molecule has 0 saturated heterocycles. The van der Waals surface area contributed by atoms with Crippen LogP contribution in [0.4, 0.5) is 13.2 Å². The number of nitrogens with zero attached hydrogens (tertiary/aromatic N) is 1. The van der Waals surface area contributed by atoms with Crippen LogP contribution in [-0.4, -0.2) is 35.7 Å². The lowest BCUT2D eigenvalue weighted by molar-refractivity contribution is -0.195. The van der Waals surface area contributed by atoms with Gasteiger partial charge in [-0.15, -0.1) is 0 Å². The van der Waals surface area contributed by atoms with Gasteiger partial charge in [0, 0.05) is 18.1 Å². The summed E-state index contributed by atoms with van der Waals surface area (Å²) < 4.78 is 39.4. The Morgan fingerprint density at radius 3 is 2.43 bits per heavy atom. The molecule has 1 rings (SSSR count). The molecule has 126 valence electrons. The van der Waals surface area contributed by atoms with Gasteiger partial charge in [-0.3, -0.25) is 4.90 Å². The van der Waals surface area contributed by atoms with Crippen molar-refractivity contribution in [2.24, 2.45) is 11.7 Å². The normalized spacial score (nSPS) is 27.6. The number of hydrogen-bond acceptors (Lipinski definition) is 2. The van der Waals surface area contributed by atoms with E-state index < -0.39 is 17.6 Å². The Hall–Kier alpha value is -0.290. The van der Waals surface area contributed by atoms with Crippen LogP contribution in [0.2, 0.25) is 0 Å². The Labute approximate surface area is 127 Å². The Morgan fingerprint density at radius 2 is 1.95 bits per heavy atom. The summed E-state index contributed by atoms with van der Waals surface area (Å²) in [4.78, 5) is 2.25. The van der Waals surface area contributed by atoms with Crippen LogP contribution in [0.25, 0.3) is 0 Å². The molecule has 0 radical (unpaired) electrons. The van der Waals surface area contributed by atoms with Gasteiger partial charge in [0.25, 0.3) is 0 Å². The molecule has 0 spiro atoms. The summed E-state index contributed by atoms with van der Waals surface area (Å²) in [5, 5.41) is 0. The summed E-state index contributed by atoms with van der Waals surface area (Å²) in [6.45, 7) is 7.46. The largest absolute Gasteiger partial charge is 0.391 e. The van der Waals surface area contributed by atoms with Crippen molar-refractivity contribution in [3.05, 3.63) is 0 Å². The first-order chi connectivity index (χ1) is 9.77.